The van der Waals surface area contributed by atoms with E-state index in [1.807, 2.05) is 24.3 Å². The van der Waals surface area contributed by atoms with Crippen molar-refractivity contribution in [1.82, 2.24) is 0 Å². The zero-order chi connectivity index (χ0) is 62.3. The minimum atomic E-state index is 0.909. The molecule has 2 aromatic heterocycles. The van der Waals surface area contributed by atoms with Crippen LogP contribution in [0, 0.1) is 0 Å². The zero-order valence-electron chi connectivity index (χ0n) is 51.4. The number of fused-ring (bicyclic) bond motifs is 9. The summed E-state index contributed by atoms with van der Waals surface area (Å²) >= 11 is 0. The van der Waals surface area contributed by atoms with Gasteiger partial charge in [0.25, 0.3) is 0 Å². The first-order valence-corrected chi connectivity index (χ1v) is 32.0. The highest BCUT2D eigenvalue weighted by atomic mass is 16.3. The molecular formula is C90H60N2O2. The van der Waals surface area contributed by atoms with Crippen LogP contribution < -0.4 is 9.80 Å². The first-order chi connectivity index (χ1) is 46.6. The molecule has 0 saturated carbocycles. The van der Waals surface area contributed by atoms with Crippen molar-refractivity contribution < 1.29 is 8.83 Å². The van der Waals surface area contributed by atoms with Gasteiger partial charge in [0.15, 0.2) is 0 Å². The summed E-state index contributed by atoms with van der Waals surface area (Å²) in [7, 11) is 0. The van der Waals surface area contributed by atoms with Gasteiger partial charge in [-0.2, -0.15) is 0 Å². The molecule has 0 aliphatic heterocycles. The molecule has 0 spiro atoms. The van der Waals surface area contributed by atoms with E-state index in [1.54, 1.807) is 0 Å². The lowest BCUT2D eigenvalue weighted by Crippen LogP contribution is -2.10. The Morgan fingerprint density at radius 2 is 0.521 bits per heavy atom. The van der Waals surface area contributed by atoms with Gasteiger partial charge in [0, 0.05) is 60.9 Å². The van der Waals surface area contributed by atoms with Gasteiger partial charge >= 0.3 is 0 Å². The fourth-order valence-electron chi connectivity index (χ4n) is 13.7. The van der Waals surface area contributed by atoms with E-state index in [-0.39, 0.29) is 0 Å². The molecule has 18 aromatic rings. The molecule has 0 saturated heterocycles. The fraction of sp³-hybridized carbons (Fsp3) is 0. The minimum Gasteiger partial charge on any atom is -0.456 e. The van der Waals surface area contributed by atoms with Gasteiger partial charge in [-0.3, -0.25) is 0 Å². The molecule has 0 unspecified atom stereocenters. The highest BCUT2D eigenvalue weighted by Gasteiger charge is 2.20. The maximum absolute atomic E-state index is 6.34. The number of furan rings is 2. The van der Waals surface area contributed by atoms with E-state index in [0.717, 1.165) is 100 Å². The van der Waals surface area contributed by atoms with Crippen molar-refractivity contribution in [3.05, 3.63) is 364 Å². The van der Waals surface area contributed by atoms with Crippen molar-refractivity contribution in [3.8, 4) is 55.6 Å². The third-order valence-electron chi connectivity index (χ3n) is 18.4. The highest BCUT2D eigenvalue weighted by molar-refractivity contribution is 6.10. The lowest BCUT2D eigenvalue weighted by molar-refractivity contribution is 0.669. The molecule has 16 aromatic carbocycles. The quantitative estimate of drug-likeness (QED) is 0.129. The van der Waals surface area contributed by atoms with Crippen LogP contribution in [-0.2, 0) is 0 Å². The predicted molar refractivity (Wildman–Crippen MR) is 397 cm³/mol. The van der Waals surface area contributed by atoms with Crippen molar-refractivity contribution in [2.45, 2.75) is 0 Å². The fourth-order valence-corrected chi connectivity index (χ4v) is 13.7. The summed E-state index contributed by atoms with van der Waals surface area (Å²) in [6.45, 7) is 0. The van der Waals surface area contributed by atoms with E-state index in [9.17, 15) is 0 Å². The number of rotatable bonds is 11. The Morgan fingerprint density at radius 1 is 0.181 bits per heavy atom. The molecule has 4 heteroatoms. The van der Waals surface area contributed by atoms with Gasteiger partial charge in [0.1, 0.15) is 22.3 Å². The van der Waals surface area contributed by atoms with Gasteiger partial charge < -0.3 is 18.6 Å². The summed E-state index contributed by atoms with van der Waals surface area (Å²) in [4.78, 5) is 4.69. The van der Waals surface area contributed by atoms with E-state index < -0.39 is 0 Å². The van der Waals surface area contributed by atoms with Gasteiger partial charge in [-0.15, -0.1) is 0 Å². The monoisotopic (exact) mass is 1200 g/mol. The van der Waals surface area contributed by atoms with Crippen LogP contribution in [-0.4, -0.2) is 0 Å². The maximum Gasteiger partial charge on any atom is 0.143 e. The first-order valence-electron chi connectivity index (χ1n) is 32.0. The molecule has 18 rings (SSSR count). The number of para-hydroxylation sites is 3. The molecule has 442 valence electrons. The lowest BCUT2D eigenvalue weighted by atomic mass is 9.97. The van der Waals surface area contributed by atoms with Gasteiger partial charge in [-0.25, -0.2) is 0 Å². The van der Waals surface area contributed by atoms with Gasteiger partial charge in [-0.1, -0.05) is 273 Å². The summed E-state index contributed by atoms with van der Waals surface area (Å²) in [5.41, 5.74) is 22.1. The second-order valence-electron chi connectivity index (χ2n) is 23.9. The Kier molecular flexibility index (Phi) is 14.2. The Morgan fingerprint density at radius 3 is 1.07 bits per heavy atom. The number of hydrogen-bond donors (Lipinski definition) is 0. The minimum absolute atomic E-state index is 0.909. The van der Waals surface area contributed by atoms with E-state index in [4.69, 9.17) is 8.83 Å². The van der Waals surface area contributed by atoms with Crippen molar-refractivity contribution in [2.24, 2.45) is 0 Å². The molecule has 0 atom stereocenters. The Hall–Kier alpha value is -12.5. The molecule has 0 bridgehead atoms. The summed E-state index contributed by atoms with van der Waals surface area (Å²) in [5.74, 6) is 0. The Bertz CT molecular complexity index is 5630. The molecule has 0 amide bonds. The number of nitrogens with zero attached hydrogens (tertiary/aromatic N) is 2. The number of hydrogen-bond acceptors (Lipinski definition) is 4. The normalized spacial score (nSPS) is 11.4. The number of benzene rings is 16. The van der Waals surface area contributed by atoms with Crippen LogP contribution in [0.25, 0.3) is 132 Å². The van der Waals surface area contributed by atoms with Crippen molar-refractivity contribution in [3.63, 3.8) is 0 Å². The third-order valence-corrected chi connectivity index (χ3v) is 18.4. The average Bonchev–Trinajstić information content (AvgIpc) is 1.35. The topological polar surface area (TPSA) is 32.8 Å². The second-order valence-corrected chi connectivity index (χ2v) is 23.9. The molecule has 2 heterocycles. The standard InChI is InChI=1S/C50H33NO.C40H27NO/c1-3-13-43-35(9-1)11-7-16-45(43)37-21-28-41(29-22-37)51(42-30-23-38(24-31-42)46-17-8-12-36-10-2-4-14-44(36)46)40-26-19-34(20-27-40)39-25-32-50-48(33-39)47-15-5-6-18-49(47)52-50;1-2-10-28(11-3-1)29-20-24-32(25-21-29)41(38-18-8-13-30-12-4-5-14-34(30)38)33-26-22-31(23-27-33)35-16-9-17-37-36-15-6-7-19-39(36)42-40(35)37/h1-33H;1-27H. The largest absolute Gasteiger partial charge is 0.456 e. The molecule has 0 fully saturated rings. The SMILES string of the molecule is c1ccc(-c2ccc(N(c3ccc(-c4cccc5c4oc4ccccc45)cc3)c3cccc4ccccc34)cc2)cc1.c1ccc2c(-c3ccc(N(c4ccc(-c5ccc6oc7ccccc7c6c5)cc4)c4ccc(-c5cccc6ccccc56)cc4)cc3)cccc2c1. The summed E-state index contributed by atoms with van der Waals surface area (Å²) in [6.07, 6.45) is 0. The Labute approximate surface area is 545 Å². The molecule has 0 N–H and O–H groups in total. The van der Waals surface area contributed by atoms with Crippen molar-refractivity contribution in [2.75, 3.05) is 9.80 Å². The summed E-state index contributed by atoms with van der Waals surface area (Å²) in [5, 5.41) is 12.0. The second kappa shape index (κ2) is 24.0. The molecular weight excluding hydrogens is 1140 g/mol. The zero-order valence-corrected chi connectivity index (χ0v) is 51.4. The smallest absolute Gasteiger partial charge is 0.143 e. The number of anilines is 6. The van der Waals surface area contributed by atoms with Gasteiger partial charge in [0.05, 0.1) is 5.69 Å². The summed E-state index contributed by atoms with van der Waals surface area (Å²) in [6, 6.07) is 130. The van der Waals surface area contributed by atoms with Crippen LogP contribution in [0.3, 0.4) is 0 Å². The average molecular weight is 1200 g/mol. The third kappa shape index (κ3) is 10.4. The predicted octanol–water partition coefficient (Wildman–Crippen LogP) is 25.9. The van der Waals surface area contributed by atoms with Crippen LogP contribution >= 0.6 is 0 Å². The van der Waals surface area contributed by atoms with Crippen LogP contribution in [0.2, 0.25) is 0 Å². The first kappa shape index (κ1) is 55.6. The van der Waals surface area contributed by atoms with Crippen LogP contribution in [0.15, 0.2) is 373 Å². The highest BCUT2D eigenvalue weighted by Crippen LogP contribution is 2.44. The molecule has 94 heavy (non-hydrogen) atoms. The molecule has 0 aliphatic rings. The molecule has 0 aliphatic carbocycles. The molecule has 0 radical (unpaired) electrons. The maximum atomic E-state index is 6.34. The summed E-state index contributed by atoms with van der Waals surface area (Å²) < 4.78 is 12.4. The van der Waals surface area contributed by atoms with Gasteiger partial charge in [-0.05, 0) is 168 Å². The molecule has 4 nitrogen and oxygen atoms in total. The van der Waals surface area contributed by atoms with Crippen molar-refractivity contribution in [1.29, 1.82) is 0 Å². The van der Waals surface area contributed by atoms with Crippen LogP contribution in [0.4, 0.5) is 34.1 Å². The Balaban J connectivity index is 0.000000146. The van der Waals surface area contributed by atoms with Crippen LogP contribution in [0.5, 0.6) is 0 Å². The van der Waals surface area contributed by atoms with Crippen LogP contribution in [0.1, 0.15) is 0 Å². The lowest BCUT2D eigenvalue weighted by Gasteiger charge is -2.27. The van der Waals surface area contributed by atoms with E-state index in [0.29, 0.717) is 0 Å². The van der Waals surface area contributed by atoms with E-state index in [2.05, 4.69) is 350 Å². The van der Waals surface area contributed by atoms with E-state index in [1.165, 1.54) is 65.7 Å². The van der Waals surface area contributed by atoms with Crippen molar-refractivity contribution >= 4 is 110 Å². The van der Waals surface area contributed by atoms with E-state index >= 15 is 0 Å². The van der Waals surface area contributed by atoms with Gasteiger partial charge in [0.2, 0.25) is 0 Å².